The van der Waals surface area contributed by atoms with Crippen LogP contribution in [0.15, 0.2) is 47.8 Å². The molecule has 0 saturated carbocycles. The summed E-state index contributed by atoms with van der Waals surface area (Å²) in [5.74, 6) is 0.0570. The van der Waals surface area contributed by atoms with Crippen molar-refractivity contribution < 1.29 is 9.59 Å². The molecule has 2 fully saturated rings. The molecule has 30 heavy (non-hydrogen) atoms. The van der Waals surface area contributed by atoms with E-state index in [-0.39, 0.29) is 17.7 Å². The van der Waals surface area contributed by atoms with Crippen LogP contribution >= 0.6 is 11.3 Å². The molecule has 2 aliphatic heterocycles. The van der Waals surface area contributed by atoms with E-state index in [0.717, 1.165) is 43.8 Å². The molecule has 3 heterocycles. The average Bonchev–Trinajstić information content (AvgIpc) is 3.33. The molecule has 0 radical (unpaired) electrons. The summed E-state index contributed by atoms with van der Waals surface area (Å²) in [6.45, 7) is 3.99. The molecular weight excluding hydrogens is 394 g/mol. The number of amides is 2. The maximum Gasteiger partial charge on any atom is 0.263 e. The molecule has 1 aromatic heterocycles. The zero-order chi connectivity index (χ0) is 20.8. The minimum Gasteiger partial charge on any atom is -0.354 e. The minimum absolute atomic E-state index is 0.0591. The van der Waals surface area contributed by atoms with Gasteiger partial charge in [-0.1, -0.05) is 42.8 Å². The van der Waals surface area contributed by atoms with Gasteiger partial charge in [-0.05, 0) is 49.2 Å². The second-order valence-electron chi connectivity index (χ2n) is 8.42. The van der Waals surface area contributed by atoms with Crippen molar-refractivity contribution in [2.24, 2.45) is 5.92 Å². The summed E-state index contributed by atoms with van der Waals surface area (Å²) in [6, 6.07) is 14.7. The van der Waals surface area contributed by atoms with Crippen molar-refractivity contribution in [3.8, 4) is 0 Å². The number of hydrogen-bond acceptors (Lipinski definition) is 4. The Kier molecular flexibility index (Phi) is 7.18. The van der Waals surface area contributed by atoms with Crippen LogP contribution in [0.4, 0.5) is 0 Å². The SMILES string of the molecule is O=C(NCC1CCCCN1Cc1ccccc1)C1CCCN(C(=O)c2cccs2)C1. The van der Waals surface area contributed by atoms with Gasteiger partial charge in [0.2, 0.25) is 5.91 Å². The third-order valence-corrected chi connectivity index (χ3v) is 7.16. The van der Waals surface area contributed by atoms with Gasteiger partial charge in [0.05, 0.1) is 10.8 Å². The predicted molar refractivity (Wildman–Crippen MR) is 120 cm³/mol. The third-order valence-electron chi connectivity index (χ3n) is 6.30. The second-order valence-corrected chi connectivity index (χ2v) is 9.37. The number of carbonyl (C=O) groups excluding carboxylic acids is 2. The summed E-state index contributed by atoms with van der Waals surface area (Å²) in [4.78, 5) is 30.7. The van der Waals surface area contributed by atoms with E-state index in [9.17, 15) is 9.59 Å². The topological polar surface area (TPSA) is 52.7 Å². The normalized spacial score (nSPS) is 22.6. The molecule has 0 bridgehead atoms. The smallest absolute Gasteiger partial charge is 0.263 e. The molecule has 2 saturated heterocycles. The Balaban J connectivity index is 1.30. The molecule has 5 nitrogen and oxygen atoms in total. The molecule has 2 aromatic rings. The maximum absolute atomic E-state index is 12.9. The van der Waals surface area contributed by atoms with E-state index in [1.54, 1.807) is 0 Å². The van der Waals surface area contributed by atoms with Crippen LogP contribution in [0.3, 0.4) is 0 Å². The predicted octanol–water partition coefficient (Wildman–Crippen LogP) is 3.77. The van der Waals surface area contributed by atoms with Crippen LogP contribution in [0.1, 0.15) is 47.3 Å². The zero-order valence-electron chi connectivity index (χ0n) is 17.5. The van der Waals surface area contributed by atoms with Crippen molar-refractivity contribution in [3.63, 3.8) is 0 Å². The fourth-order valence-electron chi connectivity index (χ4n) is 4.61. The molecule has 0 aliphatic carbocycles. The highest BCUT2D eigenvalue weighted by atomic mass is 32.1. The molecule has 2 aliphatic rings. The van der Waals surface area contributed by atoms with Gasteiger partial charge in [-0.15, -0.1) is 11.3 Å². The number of benzene rings is 1. The fourth-order valence-corrected chi connectivity index (χ4v) is 5.30. The van der Waals surface area contributed by atoms with Crippen LogP contribution in [0, 0.1) is 5.92 Å². The van der Waals surface area contributed by atoms with Gasteiger partial charge in [-0.3, -0.25) is 14.5 Å². The molecule has 6 heteroatoms. The lowest BCUT2D eigenvalue weighted by atomic mass is 9.96. The van der Waals surface area contributed by atoms with E-state index in [4.69, 9.17) is 0 Å². The number of thiophene rings is 1. The van der Waals surface area contributed by atoms with Crippen molar-refractivity contribution in [2.45, 2.75) is 44.7 Å². The highest BCUT2D eigenvalue weighted by molar-refractivity contribution is 7.12. The first-order valence-corrected chi connectivity index (χ1v) is 12.0. The van der Waals surface area contributed by atoms with Crippen LogP contribution in [-0.4, -0.2) is 53.8 Å². The zero-order valence-corrected chi connectivity index (χ0v) is 18.3. The van der Waals surface area contributed by atoms with Crippen molar-refractivity contribution >= 4 is 23.2 Å². The lowest BCUT2D eigenvalue weighted by Gasteiger charge is -2.37. The van der Waals surface area contributed by atoms with Crippen LogP contribution in [0.5, 0.6) is 0 Å². The van der Waals surface area contributed by atoms with Crippen molar-refractivity contribution in [3.05, 3.63) is 58.3 Å². The second kappa shape index (κ2) is 10.2. The van der Waals surface area contributed by atoms with Gasteiger partial charge in [-0.25, -0.2) is 0 Å². The Morgan fingerprint density at radius 3 is 2.67 bits per heavy atom. The number of hydrogen-bond donors (Lipinski definition) is 1. The lowest BCUT2D eigenvalue weighted by Crippen LogP contribution is -2.49. The Morgan fingerprint density at radius 1 is 1.00 bits per heavy atom. The summed E-state index contributed by atoms with van der Waals surface area (Å²) in [7, 11) is 0. The first-order chi connectivity index (χ1) is 14.7. The van der Waals surface area contributed by atoms with Gasteiger partial charge in [0.25, 0.3) is 5.91 Å². The number of nitrogens with zero attached hydrogens (tertiary/aromatic N) is 2. The van der Waals surface area contributed by atoms with Crippen molar-refractivity contribution in [1.29, 1.82) is 0 Å². The van der Waals surface area contributed by atoms with Gasteiger partial charge in [0.1, 0.15) is 0 Å². The minimum atomic E-state index is -0.103. The molecular formula is C24H31N3O2S. The molecule has 160 valence electrons. The molecule has 4 rings (SSSR count). The van der Waals surface area contributed by atoms with E-state index in [1.807, 2.05) is 28.5 Å². The highest BCUT2D eigenvalue weighted by Crippen LogP contribution is 2.22. The molecule has 1 N–H and O–H groups in total. The Bertz CT molecular complexity index is 824. The van der Waals surface area contributed by atoms with E-state index in [1.165, 1.54) is 29.7 Å². The molecule has 2 amide bonds. The molecule has 1 aromatic carbocycles. The Hall–Kier alpha value is -2.18. The van der Waals surface area contributed by atoms with Gasteiger partial charge < -0.3 is 10.2 Å². The first-order valence-electron chi connectivity index (χ1n) is 11.1. The van der Waals surface area contributed by atoms with E-state index >= 15 is 0 Å². The van der Waals surface area contributed by atoms with Gasteiger partial charge in [0.15, 0.2) is 0 Å². The Morgan fingerprint density at radius 2 is 1.87 bits per heavy atom. The lowest BCUT2D eigenvalue weighted by molar-refractivity contribution is -0.126. The summed E-state index contributed by atoms with van der Waals surface area (Å²) < 4.78 is 0. The molecule has 2 atom stereocenters. The van der Waals surface area contributed by atoms with E-state index < -0.39 is 0 Å². The van der Waals surface area contributed by atoms with Crippen molar-refractivity contribution in [2.75, 3.05) is 26.2 Å². The summed E-state index contributed by atoms with van der Waals surface area (Å²) in [5.41, 5.74) is 1.32. The van der Waals surface area contributed by atoms with Crippen LogP contribution in [0.2, 0.25) is 0 Å². The number of likely N-dealkylation sites (tertiary alicyclic amines) is 2. The number of nitrogens with one attached hydrogen (secondary N) is 1. The first kappa shape index (κ1) is 21.1. The highest BCUT2D eigenvalue weighted by Gasteiger charge is 2.30. The van der Waals surface area contributed by atoms with Crippen LogP contribution in [0.25, 0.3) is 0 Å². The van der Waals surface area contributed by atoms with Gasteiger partial charge >= 0.3 is 0 Å². The quantitative estimate of drug-likeness (QED) is 0.767. The van der Waals surface area contributed by atoms with Gasteiger partial charge in [-0.2, -0.15) is 0 Å². The number of carbonyl (C=O) groups is 2. The van der Waals surface area contributed by atoms with E-state index in [0.29, 0.717) is 19.1 Å². The summed E-state index contributed by atoms with van der Waals surface area (Å²) >= 11 is 1.47. The van der Waals surface area contributed by atoms with Gasteiger partial charge in [0, 0.05) is 32.2 Å². The summed E-state index contributed by atoms with van der Waals surface area (Å²) in [6.07, 6.45) is 5.32. The Labute approximate surface area is 183 Å². The third kappa shape index (κ3) is 5.29. The number of rotatable bonds is 6. The molecule has 0 spiro atoms. The molecule has 2 unspecified atom stereocenters. The largest absolute Gasteiger partial charge is 0.354 e. The van der Waals surface area contributed by atoms with Crippen molar-refractivity contribution in [1.82, 2.24) is 15.1 Å². The average molecular weight is 426 g/mol. The standard InChI is InChI=1S/C24H31N3O2S/c28-23(20-10-6-14-27(18-20)24(29)22-12-7-15-30-22)25-16-21-11-4-5-13-26(21)17-19-8-2-1-3-9-19/h1-3,7-9,12,15,20-21H,4-6,10-11,13-14,16-18H2,(H,25,28). The number of piperidine rings is 2. The monoisotopic (exact) mass is 425 g/mol. The van der Waals surface area contributed by atoms with Crippen LogP contribution in [-0.2, 0) is 11.3 Å². The maximum atomic E-state index is 12.9. The summed E-state index contributed by atoms with van der Waals surface area (Å²) in [5, 5.41) is 5.14. The van der Waals surface area contributed by atoms with Crippen LogP contribution < -0.4 is 5.32 Å². The fraction of sp³-hybridized carbons (Fsp3) is 0.500. The van der Waals surface area contributed by atoms with E-state index in [2.05, 4.69) is 34.5 Å².